The van der Waals surface area contributed by atoms with E-state index in [4.69, 9.17) is 16.3 Å². The van der Waals surface area contributed by atoms with Crippen LogP contribution in [0.15, 0.2) is 36.5 Å². The predicted molar refractivity (Wildman–Crippen MR) is 94.9 cm³/mol. The Morgan fingerprint density at radius 3 is 2.67 bits per heavy atom. The van der Waals surface area contributed by atoms with Gasteiger partial charge in [0.2, 0.25) is 13.2 Å². The van der Waals surface area contributed by atoms with Crippen LogP contribution in [-0.2, 0) is 4.57 Å². The van der Waals surface area contributed by atoms with Crippen molar-refractivity contribution in [2.24, 2.45) is 0 Å². The third-order valence-electron chi connectivity index (χ3n) is 3.69. The lowest BCUT2D eigenvalue weighted by Gasteiger charge is -2.37. The topological polar surface area (TPSA) is 71.5 Å². The molecule has 1 aromatic carbocycles. The summed E-state index contributed by atoms with van der Waals surface area (Å²) in [6.07, 6.45) is 1.49. The lowest BCUT2D eigenvalue weighted by molar-refractivity contribution is 0.229. The number of carbonyl (C=O) groups is 1. The van der Waals surface area contributed by atoms with E-state index >= 15 is 0 Å². The molecule has 1 atom stereocenters. The maximum atomic E-state index is 13.3. The summed E-state index contributed by atoms with van der Waals surface area (Å²) >= 11 is 5.81. The fourth-order valence-corrected chi connectivity index (χ4v) is 5.27. The van der Waals surface area contributed by atoms with Crippen molar-refractivity contribution in [2.75, 3.05) is 12.0 Å². The Morgan fingerprint density at radius 1 is 1.29 bits per heavy atom. The minimum atomic E-state index is -3.04. The van der Waals surface area contributed by atoms with E-state index in [0.717, 1.165) is 0 Å². The summed E-state index contributed by atoms with van der Waals surface area (Å²) < 4.78 is 20.3. The number of carbonyl (C=O) groups excluding carboxylic acids is 1. The number of rotatable bonds is 3. The zero-order chi connectivity index (χ0) is 17.5. The molecule has 0 bridgehead atoms. The van der Waals surface area contributed by atoms with Gasteiger partial charge in [-0.05, 0) is 38.1 Å². The highest BCUT2D eigenvalue weighted by Crippen LogP contribution is 2.51. The Bertz CT molecular complexity index is 839. The van der Waals surface area contributed by atoms with Gasteiger partial charge >= 0.3 is 6.03 Å². The lowest BCUT2D eigenvalue weighted by atomic mass is 10.3. The molecule has 0 radical (unpaired) electrons. The van der Waals surface area contributed by atoms with Crippen molar-refractivity contribution in [3.63, 3.8) is 0 Å². The first-order valence-corrected chi connectivity index (χ1v) is 9.90. The monoisotopic (exact) mass is 365 g/mol. The number of ether oxygens (including phenoxy) is 1. The average Bonchev–Trinajstić information content (AvgIpc) is 2.49. The molecule has 24 heavy (non-hydrogen) atoms. The molecule has 2 heterocycles. The SMILES string of the molecule is CC(C)N1C(=O)Nc2ccc(Oc3ccc(Cl)cn3)cc2P1(C)=O. The molecule has 0 spiro atoms. The van der Waals surface area contributed by atoms with Crippen molar-refractivity contribution in [3.05, 3.63) is 41.6 Å². The summed E-state index contributed by atoms with van der Waals surface area (Å²) in [6, 6.07) is 7.85. The van der Waals surface area contributed by atoms with Gasteiger partial charge in [0.1, 0.15) is 5.75 Å². The average molecular weight is 366 g/mol. The molecule has 1 unspecified atom stereocenters. The minimum absolute atomic E-state index is 0.184. The van der Waals surface area contributed by atoms with Gasteiger partial charge in [0, 0.05) is 25.0 Å². The van der Waals surface area contributed by atoms with Gasteiger partial charge < -0.3 is 10.1 Å². The van der Waals surface area contributed by atoms with Crippen LogP contribution in [0.3, 0.4) is 0 Å². The number of nitrogens with zero attached hydrogens (tertiary/aromatic N) is 2. The van der Waals surface area contributed by atoms with Gasteiger partial charge in [0.05, 0.1) is 16.0 Å². The Labute approximate surface area is 145 Å². The first kappa shape index (κ1) is 16.8. The lowest BCUT2D eigenvalue weighted by Crippen LogP contribution is -2.44. The molecule has 126 valence electrons. The van der Waals surface area contributed by atoms with E-state index in [1.807, 2.05) is 13.8 Å². The van der Waals surface area contributed by atoms with Crippen LogP contribution >= 0.6 is 18.9 Å². The van der Waals surface area contributed by atoms with Crippen molar-refractivity contribution in [1.82, 2.24) is 9.65 Å². The van der Waals surface area contributed by atoms with Crippen molar-refractivity contribution < 1.29 is 14.1 Å². The van der Waals surface area contributed by atoms with Crippen molar-refractivity contribution in [2.45, 2.75) is 19.9 Å². The molecule has 1 N–H and O–H groups in total. The highest BCUT2D eigenvalue weighted by atomic mass is 35.5. The van der Waals surface area contributed by atoms with Gasteiger partial charge in [-0.25, -0.2) is 9.78 Å². The van der Waals surface area contributed by atoms with Crippen LogP contribution in [0, 0.1) is 0 Å². The van der Waals surface area contributed by atoms with E-state index < -0.39 is 7.29 Å². The summed E-state index contributed by atoms with van der Waals surface area (Å²) in [4.78, 5) is 16.3. The van der Waals surface area contributed by atoms with Crippen LogP contribution < -0.4 is 15.4 Å². The zero-order valence-electron chi connectivity index (χ0n) is 13.5. The summed E-state index contributed by atoms with van der Waals surface area (Å²) in [6.45, 7) is 5.26. The summed E-state index contributed by atoms with van der Waals surface area (Å²) in [5, 5.41) is 3.84. The minimum Gasteiger partial charge on any atom is -0.439 e. The number of aromatic nitrogens is 1. The Hall–Kier alpha value is -2.04. The number of hydrogen-bond acceptors (Lipinski definition) is 4. The summed E-state index contributed by atoms with van der Waals surface area (Å²) in [5.41, 5.74) is 0.541. The quantitative estimate of drug-likeness (QED) is 0.822. The standard InChI is InChI=1S/C16H17ClN3O3P/c1-10(2)20-16(21)19-13-6-5-12(8-14(13)24(20,3)22)23-15-7-4-11(17)9-18-15/h4-10H,1-3H3,(H,19,21). The Balaban J connectivity index is 1.98. The number of hydrogen-bond donors (Lipinski definition) is 1. The first-order valence-electron chi connectivity index (χ1n) is 7.41. The van der Waals surface area contributed by atoms with E-state index in [1.54, 1.807) is 37.0 Å². The van der Waals surface area contributed by atoms with E-state index in [-0.39, 0.29) is 12.1 Å². The Kier molecular flexibility index (Phi) is 4.28. The van der Waals surface area contributed by atoms with Gasteiger partial charge in [-0.2, -0.15) is 0 Å². The molecule has 2 amide bonds. The molecule has 0 saturated carbocycles. The fourth-order valence-electron chi connectivity index (χ4n) is 2.70. The molecule has 3 rings (SSSR count). The van der Waals surface area contributed by atoms with E-state index in [0.29, 0.717) is 27.6 Å². The third-order valence-corrected chi connectivity index (χ3v) is 6.64. The number of fused-ring (bicyclic) bond motifs is 1. The smallest absolute Gasteiger partial charge is 0.327 e. The first-order chi connectivity index (χ1) is 11.3. The number of amides is 2. The van der Waals surface area contributed by atoms with Gasteiger partial charge in [0.25, 0.3) is 0 Å². The fraction of sp³-hybridized carbons (Fsp3) is 0.250. The second kappa shape index (κ2) is 6.11. The number of benzene rings is 1. The maximum Gasteiger partial charge on any atom is 0.327 e. The highest BCUT2D eigenvalue weighted by molar-refractivity contribution is 7.69. The molecule has 8 heteroatoms. The molecule has 0 saturated heterocycles. The molecule has 1 aromatic heterocycles. The number of pyridine rings is 1. The number of nitrogens with one attached hydrogen (secondary N) is 1. The van der Waals surface area contributed by atoms with E-state index in [1.165, 1.54) is 10.9 Å². The largest absolute Gasteiger partial charge is 0.439 e. The molecular weight excluding hydrogens is 349 g/mol. The second-order valence-electron chi connectivity index (χ2n) is 5.84. The van der Waals surface area contributed by atoms with Crippen LogP contribution in [0.25, 0.3) is 0 Å². The van der Waals surface area contributed by atoms with Crippen LogP contribution in [0.5, 0.6) is 11.6 Å². The highest BCUT2D eigenvalue weighted by Gasteiger charge is 2.40. The molecule has 6 nitrogen and oxygen atoms in total. The zero-order valence-corrected chi connectivity index (χ0v) is 15.1. The number of anilines is 1. The molecule has 1 aliphatic heterocycles. The van der Waals surface area contributed by atoms with E-state index in [9.17, 15) is 9.36 Å². The normalized spacial score (nSPS) is 19.9. The van der Waals surface area contributed by atoms with Crippen molar-refractivity contribution in [1.29, 1.82) is 0 Å². The second-order valence-corrected chi connectivity index (χ2v) is 8.95. The maximum absolute atomic E-state index is 13.3. The molecular formula is C16H17ClN3O3P. The number of halogens is 1. The summed E-state index contributed by atoms with van der Waals surface area (Å²) in [7, 11) is -3.04. The van der Waals surface area contributed by atoms with Gasteiger partial charge in [0.15, 0.2) is 0 Å². The molecule has 0 aliphatic carbocycles. The third kappa shape index (κ3) is 2.99. The van der Waals surface area contributed by atoms with Gasteiger partial charge in [-0.15, -0.1) is 0 Å². The van der Waals surface area contributed by atoms with Crippen LogP contribution in [0.2, 0.25) is 5.02 Å². The van der Waals surface area contributed by atoms with Crippen molar-refractivity contribution in [3.8, 4) is 11.6 Å². The van der Waals surface area contributed by atoms with Crippen LogP contribution in [0.4, 0.5) is 10.5 Å². The van der Waals surface area contributed by atoms with Crippen molar-refractivity contribution >= 4 is 35.9 Å². The van der Waals surface area contributed by atoms with Gasteiger partial charge in [-0.1, -0.05) is 11.6 Å². The number of urea groups is 1. The van der Waals surface area contributed by atoms with Crippen LogP contribution in [0.1, 0.15) is 13.8 Å². The summed E-state index contributed by atoms with van der Waals surface area (Å²) in [5.74, 6) is 0.872. The predicted octanol–water partition coefficient (Wildman–Crippen LogP) is 4.32. The van der Waals surface area contributed by atoms with Crippen LogP contribution in [-0.4, -0.2) is 28.4 Å². The van der Waals surface area contributed by atoms with E-state index in [2.05, 4.69) is 10.3 Å². The molecule has 0 fully saturated rings. The molecule has 2 aromatic rings. The van der Waals surface area contributed by atoms with Gasteiger partial charge in [-0.3, -0.25) is 9.24 Å². The molecule has 1 aliphatic rings. The Morgan fingerprint density at radius 2 is 2.04 bits per heavy atom.